The smallest absolute Gasteiger partial charge is 0.237 e. The van der Waals surface area contributed by atoms with Gasteiger partial charge in [-0.25, -0.2) is 0 Å². The number of nitrogens with zero attached hydrogens (tertiary/aromatic N) is 1. The van der Waals surface area contributed by atoms with Crippen LogP contribution in [0.25, 0.3) is 0 Å². The van der Waals surface area contributed by atoms with E-state index in [0.29, 0.717) is 0 Å². The lowest BCUT2D eigenvalue weighted by atomic mass is 9.97. The van der Waals surface area contributed by atoms with Crippen LogP contribution in [0.5, 0.6) is 0 Å². The molecular formula is C12H23N3O. The molecule has 92 valence electrons. The maximum atomic E-state index is 11.7. The van der Waals surface area contributed by atoms with E-state index in [1.54, 1.807) is 7.05 Å². The predicted molar refractivity (Wildman–Crippen MR) is 64.3 cm³/mol. The quantitative estimate of drug-likeness (QED) is 0.721. The fourth-order valence-corrected chi connectivity index (χ4v) is 2.90. The van der Waals surface area contributed by atoms with Gasteiger partial charge in [0, 0.05) is 13.6 Å². The first kappa shape index (κ1) is 11.9. The molecule has 0 aliphatic carbocycles. The molecule has 0 radical (unpaired) electrons. The van der Waals surface area contributed by atoms with Crippen molar-refractivity contribution >= 4 is 5.91 Å². The number of nitrogens with one attached hydrogen (secondary N) is 2. The summed E-state index contributed by atoms with van der Waals surface area (Å²) >= 11 is 0. The minimum Gasteiger partial charge on any atom is -0.358 e. The molecule has 4 nitrogen and oxygen atoms in total. The zero-order valence-electron chi connectivity index (χ0n) is 10.2. The van der Waals surface area contributed by atoms with Crippen molar-refractivity contribution in [1.82, 2.24) is 15.5 Å². The molecule has 0 spiro atoms. The fraction of sp³-hybridized carbons (Fsp3) is 0.917. The first-order valence-corrected chi connectivity index (χ1v) is 6.47. The summed E-state index contributed by atoms with van der Waals surface area (Å²) in [5, 5.41) is 6.17. The molecule has 0 aromatic rings. The SMILES string of the molecule is CNC(=O)[C@@H]1CCCN1CC1CCNCC1. The van der Waals surface area contributed by atoms with Gasteiger partial charge in [-0.15, -0.1) is 0 Å². The van der Waals surface area contributed by atoms with Gasteiger partial charge >= 0.3 is 0 Å². The molecule has 2 heterocycles. The van der Waals surface area contributed by atoms with Crippen LogP contribution in [-0.2, 0) is 4.79 Å². The topological polar surface area (TPSA) is 44.4 Å². The Morgan fingerprint density at radius 3 is 2.81 bits per heavy atom. The van der Waals surface area contributed by atoms with Crippen LogP contribution < -0.4 is 10.6 Å². The van der Waals surface area contributed by atoms with Crippen molar-refractivity contribution < 1.29 is 4.79 Å². The summed E-state index contributed by atoms with van der Waals surface area (Å²) in [6.45, 7) is 4.49. The summed E-state index contributed by atoms with van der Waals surface area (Å²) in [5.74, 6) is 0.984. The molecule has 2 N–H and O–H groups in total. The largest absolute Gasteiger partial charge is 0.358 e. The van der Waals surface area contributed by atoms with E-state index in [1.165, 1.54) is 19.3 Å². The number of piperidine rings is 1. The van der Waals surface area contributed by atoms with Gasteiger partial charge in [0.05, 0.1) is 6.04 Å². The van der Waals surface area contributed by atoms with Gasteiger partial charge in [0.2, 0.25) is 5.91 Å². The van der Waals surface area contributed by atoms with Crippen molar-refractivity contribution in [1.29, 1.82) is 0 Å². The van der Waals surface area contributed by atoms with Gasteiger partial charge in [0.15, 0.2) is 0 Å². The lowest BCUT2D eigenvalue weighted by Gasteiger charge is -2.30. The van der Waals surface area contributed by atoms with Crippen molar-refractivity contribution in [3.8, 4) is 0 Å². The summed E-state index contributed by atoms with van der Waals surface area (Å²) in [4.78, 5) is 14.1. The Morgan fingerprint density at radius 1 is 1.38 bits per heavy atom. The Labute approximate surface area is 97.8 Å². The fourth-order valence-electron chi connectivity index (χ4n) is 2.90. The van der Waals surface area contributed by atoms with E-state index in [-0.39, 0.29) is 11.9 Å². The maximum Gasteiger partial charge on any atom is 0.237 e. The zero-order valence-corrected chi connectivity index (χ0v) is 10.2. The molecule has 2 saturated heterocycles. The van der Waals surface area contributed by atoms with Gasteiger partial charge in [0.1, 0.15) is 0 Å². The van der Waals surface area contributed by atoms with E-state index < -0.39 is 0 Å². The summed E-state index contributed by atoms with van der Waals surface area (Å²) in [6.07, 6.45) is 4.72. The third kappa shape index (κ3) is 2.74. The van der Waals surface area contributed by atoms with Crippen molar-refractivity contribution in [3.63, 3.8) is 0 Å². The minimum atomic E-state index is 0.139. The van der Waals surface area contributed by atoms with Gasteiger partial charge in [-0.1, -0.05) is 0 Å². The Hall–Kier alpha value is -0.610. The van der Waals surface area contributed by atoms with Crippen LogP contribution >= 0.6 is 0 Å². The Bertz CT molecular complexity index is 238. The highest BCUT2D eigenvalue weighted by molar-refractivity contribution is 5.81. The van der Waals surface area contributed by atoms with Crippen LogP contribution in [0.3, 0.4) is 0 Å². The van der Waals surface area contributed by atoms with Crippen molar-refractivity contribution in [3.05, 3.63) is 0 Å². The number of amides is 1. The van der Waals surface area contributed by atoms with Gasteiger partial charge in [-0.2, -0.15) is 0 Å². The van der Waals surface area contributed by atoms with E-state index >= 15 is 0 Å². The first-order valence-electron chi connectivity index (χ1n) is 6.47. The highest BCUT2D eigenvalue weighted by Crippen LogP contribution is 2.22. The molecule has 0 aromatic carbocycles. The molecule has 0 bridgehead atoms. The third-order valence-corrected chi connectivity index (χ3v) is 3.86. The number of likely N-dealkylation sites (N-methyl/N-ethyl adjacent to an activating group) is 1. The highest BCUT2D eigenvalue weighted by Gasteiger charge is 2.31. The first-order chi connectivity index (χ1) is 7.81. The number of hydrogen-bond donors (Lipinski definition) is 2. The summed E-state index contributed by atoms with van der Waals surface area (Å²) in [7, 11) is 1.74. The van der Waals surface area contributed by atoms with E-state index in [0.717, 1.165) is 38.5 Å². The van der Waals surface area contributed by atoms with E-state index in [1.807, 2.05) is 0 Å². The molecule has 1 amide bonds. The average molecular weight is 225 g/mol. The molecule has 4 heteroatoms. The molecule has 0 aromatic heterocycles. The number of likely N-dealkylation sites (tertiary alicyclic amines) is 1. The van der Waals surface area contributed by atoms with E-state index in [4.69, 9.17) is 0 Å². The summed E-state index contributed by atoms with van der Waals surface area (Å²) in [5.41, 5.74) is 0. The number of carbonyl (C=O) groups is 1. The van der Waals surface area contributed by atoms with Crippen LogP contribution in [0.1, 0.15) is 25.7 Å². The maximum absolute atomic E-state index is 11.7. The predicted octanol–water partition coefficient (Wildman–Crippen LogP) is 0.196. The van der Waals surface area contributed by atoms with Gasteiger partial charge in [-0.05, 0) is 51.2 Å². The zero-order chi connectivity index (χ0) is 11.4. The summed E-state index contributed by atoms with van der Waals surface area (Å²) in [6, 6.07) is 0.139. The van der Waals surface area contributed by atoms with E-state index in [9.17, 15) is 4.79 Å². The normalized spacial score (nSPS) is 28.2. The standard InChI is InChI=1S/C12H23N3O/c1-13-12(16)11-3-2-8-15(11)9-10-4-6-14-7-5-10/h10-11,14H,2-9H2,1H3,(H,13,16)/t11-/m0/s1. The molecule has 2 fully saturated rings. The monoisotopic (exact) mass is 225 g/mol. The van der Waals surface area contributed by atoms with Gasteiger partial charge < -0.3 is 10.6 Å². The molecular weight excluding hydrogens is 202 g/mol. The summed E-state index contributed by atoms with van der Waals surface area (Å²) < 4.78 is 0. The number of hydrogen-bond acceptors (Lipinski definition) is 3. The molecule has 2 aliphatic rings. The molecule has 1 atom stereocenters. The van der Waals surface area contributed by atoms with Crippen molar-refractivity contribution in [2.75, 3.05) is 33.2 Å². The average Bonchev–Trinajstić information content (AvgIpc) is 2.77. The van der Waals surface area contributed by atoms with Crippen LogP contribution in [-0.4, -0.2) is 50.1 Å². The molecule has 0 saturated carbocycles. The molecule has 2 rings (SSSR count). The van der Waals surface area contributed by atoms with E-state index in [2.05, 4.69) is 15.5 Å². The van der Waals surface area contributed by atoms with Crippen molar-refractivity contribution in [2.24, 2.45) is 5.92 Å². The lowest BCUT2D eigenvalue weighted by Crippen LogP contribution is -2.45. The van der Waals surface area contributed by atoms with Crippen molar-refractivity contribution in [2.45, 2.75) is 31.7 Å². The molecule has 2 aliphatic heterocycles. The van der Waals surface area contributed by atoms with Crippen LogP contribution in [0.4, 0.5) is 0 Å². The number of carbonyl (C=O) groups excluding carboxylic acids is 1. The van der Waals surface area contributed by atoms with Crippen LogP contribution in [0, 0.1) is 5.92 Å². The second-order valence-corrected chi connectivity index (χ2v) is 4.96. The second kappa shape index (κ2) is 5.64. The lowest BCUT2D eigenvalue weighted by molar-refractivity contribution is -0.125. The highest BCUT2D eigenvalue weighted by atomic mass is 16.2. The molecule has 0 unspecified atom stereocenters. The molecule has 16 heavy (non-hydrogen) atoms. The Balaban J connectivity index is 1.85. The number of rotatable bonds is 3. The third-order valence-electron chi connectivity index (χ3n) is 3.86. The van der Waals surface area contributed by atoms with Crippen LogP contribution in [0.15, 0.2) is 0 Å². The Kier molecular flexibility index (Phi) is 4.18. The van der Waals surface area contributed by atoms with Gasteiger partial charge in [-0.3, -0.25) is 9.69 Å². The second-order valence-electron chi connectivity index (χ2n) is 4.96. The minimum absolute atomic E-state index is 0.139. The van der Waals surface area contributed by atoms with Gasteiger partial charge in [0.25, 0.3) is 0 Å². The van der Waals surface area contributed by atoms with Crippen LogP contribution in [0.2, 0.25) is 0 Å². The Morgan fingerprint density at radius 2 is 2.12 bits per heavy atom.